The van der Waals surface area contributed by atoms with Crippen LogP contribution in [0.5, 0.6) is 0 Å². The maximum Gasteiger partial charge on any atom is 0.410 e. The summed E-state index contributed by atoms with van der Waals surface area (Å²) < 4.78 is 5.36. The summed E-state index contributed by atoms with van der Waals surface area (Å²) in [4.78, 5) is 13.6. The number of β-amino-alcohol motifs (C(OH)–C–C–N with tert-alkyl or cyclic N) is 1. The first-order valence-corrected chi connectivity index (χ1v) is 7.22. The molecule has 2 unspecified atom stereocenters. The molecule has 1 amide bonds. The van der Waals surface area contributed by atoms with E-state index in [2.05, 4.69) is 6.08 Å². The van der Waals surface area contributed by atoms with Crippen LogP contribution in [0.15, 0.2) is 11.6 Å². The van der Waals surface area contributed by atoms with Gasteiger partial charge in [0.2, 0.25) is 0 Å². The number of carbonyl (C=O) groups is 1. The maximum atomic E-state index is 12.0. The molecule has 2 aliphatic rings. The standard InChI is InChI=1S/C15H25NO3/c1-15(2,3)19-14(18)16-9-12(13(17)10-16)11-7-5-4-6-8-11/h7,12-13,17H,4-6,8-10H2,1-3H3. The molecule has 19 heavy (non-hydrogen) atoms. The van der Waals surface area contributed by atoms with Gasteiger partial charge in [-0.05, 0) is 46.5 Å². The quantitative estimate of drug-likeness (QED) is 0.743. The van der Waals surface area contributed by atoms with Gasteiger partial charge in [-0.2, -0.15) is 0 Å². The van der Waals surface area contributed by atoms with Crippen LogP contribution in [-0.2, 0) is 4.74 Å². The van der Waals surface area contributed by atoms with Crippen LogP contribution in [0.25, 0.3) is 0 Å². The number of carbonyl (C=O) groups excluding carboxylic acids is 1. The molecule has 1 aliphatic carbocycles. The van der Waals surface area contributed by atoms with Crippen LogP contribution < -0.4 is 0 Å². The number of ether oxygens (including phenoxy) is 1. The predicted octanol–water partition coefficient (Wildman–Crippen LogP) is 2.71. The summed E-state index contributed by atoms with van der Waals surface area (Å²) >= 11 is 0. The third-order valence-electron chi connectivity index (χ3n) is 3.74. The minimum Gasteiger partial charge on any atom is -0.444 e. The molecule has 1 fully saturated rings. The summed E-state index contributed by atoms with van der Waals surface area (Å²) in [6, 6.07) is 0. The molecule has 108 valence electrons. The molecule has 0 spiro atoms. The monoisotopic (exact) mass is 267 g/mol. The molecule has 1 aliphatic heterocycles. The van der Waals surface area contributed by atoms with E-state index in [-0.39, 0.29) is 12.0 Å². The Morgan fingerprint density at radius 1 is 1.37 bits per heavy atom. The Labute approximate surface area is 115 Å². The molecule has 0 aromatic carbocycles. The summed E-state index contributed by atoms with van der Waals surface area (Å²) in [7, 11) is 0. The maximum absolute atomic E-state index is 12.0. The molecule has 2 atom stereocenters. The zero-order valence-electron chi connectivity index (χ0n) is 12.2. The second kappa shape index (κ2) is 5.53. The summed E-state index contributed by atoms with van der Waals surface area (Å²) in [5, 5.41) is 10.2. The number of allylic oxidation sites excluding steroid dienone is 1. The van der Waals surface area contributed by atoms with Crippen LogP contribution in [0.1, 0.15) is 46.5 Å². The minimum absolute atomic E-state index is 0.104. The molecule has 4 heteroatoms. The third-order valence-corrected chi connectivity index (χ3v) is 3.74. The second-order valence-corrected chi connectivity index (χ2v) is 6.58. The number of hydrogen-bond donors (Lipinski definition) is 1. The predicted molar refractivity (Wildman–Crippen MR) is 73.9 cm³/mol. The number of rotatable bonds is 1. The highest BCUT2D eigenvalue weighted by Crippen LogP contribution is 2.31. The first-order valence-electron chi connectivity index (χ1n) is 7.22. The van der Waals surface area contributed by atoms with E-state index in [0.717, 1.165) is 12.8 Å². The van der Waals surface area contributed by atoms with Crippen LogP contribution in [0, 0.1) is 5.92 Å². The topological polar surface area (TPSA) is 49.8 Å². The summed E-state index contributed by atoms with van der Waals surface area (Å²) in [6.07, 6.45) is 6.08. The molecule has 1 N–H and O–H groups in total. The van der Waals surface area contributed by atoms with Crippen molar-refractivity contribution < 1.29 is 14.6 Å². The molecule has 0 radical (unpaired) electrons. The molecule has 2 rings (SSSR count). The first kappa shape index (κ1) is 14.4. The molecule has 0 aromatic heterocycles. The lowest BCUT2D eigenvalue weighted by atomic mass is 9.87. The first-order chi connectivity index (χ1) is 8.87. The van der Waals surface area contributed by atoms with Gasteiger partial charge in [-0.15, -0.1) is 0 Å². The normalized spacial score (nSPS) is 28.2. The fourth-order valence-corrected chi connectivity index (χ4v) is 2.83. The van der Waals surface area contributed by atoms with E-state index in [1.54, 1.807) is 4.90 Å². The minimum atomic E-state index is -0.482. The van der Waals surface area contributed by atoms with E-state index >= 15 is 0 Å². The fourth-order valence-electron chi connectivity index (χ4n) is 2.83. The zero-order chi connectivity index (χ0) is 14.0. The molecule has 0 saturated carbocycles. The highest BCUT2D eigenvalue weighted by atomic mass is 16.6. The van der Waals surface area contributed by atoms with E-state index in [4.69, 9.17) is 4.74 Å². The van der Waals surface area contributed by atoms with Gasteiger partial charge in [0, 0.05) is 12.5 Å². The number of aliphatic hydroxyl groups is 1. The van der Waals surface area contributed by atoms with Crippen LogP contribution in [-0.4, -0.2) is 40.9 Å². The lowest BCUT2D eigenvalue weighted by Crippen LogP contribution is -2.35. The SMILES string of the molecule is CC(C)(C)OC(=O)N1CC(O)C(C2=CCCCC2)C1. The van der Waals surface area contributed by atoms with Gasteiger partial charge >= 0.3 is 6.09 Å². The van der Waals surface area contributed by atoms with Crippen molar-refractivity contribution in [1.29, 1.82) is 0 Å². The summed E-state index contributed by atoms with van der Waals surface area (Å²) in [6.45, 7) is 6.55. The highest BCUT2D eigenvalue weighted by Gasteiger charge is 2.37. The van der Waals surface area contributed by atoms with Gasteiger partial charge in [0.15, 0.2) is 0 Å². The van der Waals surface area contributed by atoms with Crippen LogP contribution in [0.2, 0.25) is 0 Å². The lowest BCUT2D eigenvalue weighted by molar-refractivity contribution is 0.0270. The Morgan fingerprint density at radius 2 is 2.11 bits per heavy atom. The molecule has 4 nitrogen and oxygen atoms in total. The van der Waals surface area contributed by atoms with Crippen molar-refractivity contribution in [3.8, 4) is 0 Å². The number of hydrogen-bond acceptors (Lipinski definition) is 3. The average molecular weight is 267 g/mol. The van der Waals surface area contributed by atoms with E-state index in [0.29, 0.717) is 13.1 Å². The van der Waals surface area contributed by atoms with Crippen molar-refractivity contribution in [2.24, 2.45) is 5.92 Å². The number of amides is 1. The number of aliphatic hydroxyl groups excluding tert-OH is 1. The van der Waals surface area contributed by atoms with E-state index in [1.807, 2.05) is 20.8 Å². The van der Waals surface area contributed by atoms with Crippen molar-refractivity contribution in [1.82, 2.24) is 4.90 Å². The van der Waals surface area contributed by atoms with E-state index < -0.39 is 11.7 Å². The van der Waals surface area contributed by atoms with Crippen molar-refractivity contribution >= 4 is 6.09 Å². The van der Waals surface area contributed by atoms with Gasteiger partial charge in [-0.3, -0.25) is 0 Å². The molecule has 1 heterocycles. The van der Waals surface area contributed by atoms with Gasteiger partial charge in [0.25, 0.3) is 0 Å². The van der Waals surface area contributed by atoms with Gasteiger partial charge in [0.05, 0.1) is 12.6 Å². The number of likely N-dealkylation sites (tertiary alicyclic amines) is 1. The summed E-state index contributed by atoms with van der Waals surface area (Å²) in [5.74, 6) is 0.104. The Hall–Kier alpha value is -1.03. The fraction of sp³-hybridized carbons (Fsp3) is 0.800. The third kappa shape index (κ3) is 3.72. The molecular weight excluding hydrogens is 242 g/mol. The van der Waals surface area contributed by atoms with E-state index in [9.17, 15) is 9.90 Å². The van der Waals surface area contributed by atoms with Crippen molar-refractivity contribution in [3.63, 3.8) is 0 Å². The van der Waals surface area contributed by atoms with Gasteiger partial charge in [-0.25, -0.2) is 4.79 Å². The highest BCUT2D eigenvalue weighted by molar-refractivity contribution is 5.68. The van der Waals surface area contributed by atoms with Crippen molar-refractivity contribution in [2.45, 2.75) is 58.2 Å². The molecule has 0 bridgehead atoms. The Kier molecular flexibility index (Phi) is 4.19. The molecular formula is C15H25NO3. The van der Waals surface area contributed by atoms with Crippen LogP contribution >= 0.6 is 0 Å². The Bertz CT molecular complexity index is 370. The largest absolute Gasteiger partial charge is 0.444 e. The zero-order valence-corrected chi connectivity index (χ0v) is 12.2. The average Bonchev–Trinajstić information content (AvgIpc) is 2.70. The second-order valence-electron chi connectivity index (χ2n) is 6.58. The molecule has 1 saturated heterocycles. The van der Waals surface area contributed by atoms with Crippen LogP contribution in [0.4, 0.5) is 4.79 Å². The lowest BCUT2D eigenvalue weighted by Gasteiger charge is -2.24. The number of nitrogens with zero attached hydrogens (tertiary/aromatic N) is 1. The van der Waals surface area contributed by atoms with Gasteiger partial charge < -0.3 is 14.7 Å². The van der Waals surface area contributed by atoms with Crippen molar-refractivity contribution in [3.05, 3.63) is 11.6 Å². The van der Waals surface area contributed by atoms with Crippen molar-refractivity contribution in [2.75, 3.05) is 13.1 Å². The van der Waals surface area contributed by atoms with Gasteiger partial charge in [-0.1, -0.05) is 11.6 Å². The molecule has 0 aromatic rings. The summed E-state index contributed by atoms with van der Waals surface area (Å²) in [5.41, 5.74) is 0.842. The van der Waals surface area contributed by atoms with Gasteiger partial charge in [0.1, 0.15) is 5.60 Å². The Morgan fingerprint density at radius 3 is 2.68 bits per heavy atom. The Balaban J connectivity index is 1.97. The smallest absolute Gasteiger partial charge is 0.410 e. The van der Waals surface area contributed by atoms with E-state index in [1.165, 1.54) is 18.4 Å². The van der Waals surface area contributed by atoms with Crippen LogP contribution in [0.3, 0.4) is 0 Å².